The standard InChI is InChI=1S/C12H20N2O6.C2H6/c1-9(15)5-13(7-11(17)18)3-4-14(6-10(2)16)8-12(19)20;1-2/h3-8H2,1-2H3,(H,17,18)(H,19,20);1-2H3. The van der Waals surface area contributed by atoms with Gasteiger partial charge in [0.15, 0.2) is 0 Å². The summed E-state index contributed by atoms with van der Waals surface area (Å²) in [5.74, 6) is -2.49. The van der Waals surface area contributed by atoms with Crippen molar-refractivity contribution in [3.63, 3.8) is 0 Å². The Kier molecular flexibility index (Phi) is 13.2. The number of carboxylic acids is 2. The molecule has 0 aliphatic heterocycles. The Hall–Kier alpha value is -1.80. The fourth-order valence-electron chi connectivity index (χ4n) is 1.72. The van der Waals surface area contributed by atoms with Crippen molar-refractivity contribution in [3.05, 3.63) is 0 Å². The molecule has 0 fully saturated rings. The molecule has 0 aliphatic rings. The van der Waals surface area contributed by atoms with Crippen molar-refractivity contribution in [1.82, 2.24) is 9.80 Å². The van der Waals surface area contributed by atoms with E-state index in [1.54, 1.807) is 0 Å². The Morgan fingerprint density at radius 1 is 0.682 bits per heavy atom. The highest BCUT2D eigenvalue weighted by molar-refractivity contribution is 5.79. The first-order chi connectivity index (χ1) is 10.2. The molecule has 8 heteroatoms. The van der Waals surface area contributed by atoms with E-state index in [9.17, 15) is 19.2 Å². The summed E-state index contributed by atoms with van der Waals surface area (Å²) in [4.78, 5) is 46.2. The number of hydrogen-bond acceptors (Lipinski definition) is 6. The molecule has 0 spiro atoms. The fourth-order valence-corrected chi connectivity index (χ4v) is 1.72. The predicted octanol–water partition coefficient (Wildman–Crippen LogP) is -0.0362. The SMILES string of the molecule is CC.CC(=O)CN(CCN(CC(C)=O)CC(=O)O)CC(=O)O. The zero-order valence-corrected chi connectivity index (χ0v) is 13.7. The monoisotopic (exact) mass is 318 g/mol. The molecule has 0 aliphatic carbocycles. The normalized spacial score (nSPS) is 10.1. The first-order valence-electron chi connectivity index (χ1n) is 7.08. The summed E-state index contributed by atoms with van der Waals surface area (Å²) in [6, 6.07) is 0. The average molecular weight is 318 g/mol. The molecule has 0 aromatic carbocycles. The molecule has 0 heterocycles. The van der Waals surface area contributed by atoms with Crippen LogP contribution in [-0.2, 0) is 19.2 Å². The Labute approximate surface area is 130 Å². The molecule has 2 N–H and O–H groups in total. The zero-order valence-electron chi connectivity index (χ0n) is 13.7. The van der Waals surface area contributed by atoms with Crippen LogP contribution < -0.4 is 0 Å². The van der Waals surface area contributed by atoms with Crippen molar-refractivity contribution < 1.29 is 29.4 Å². The molecule has 0 aromatic heterocycles. The lowest BCUT2D eigenvalue weighted by Gasteiger charge is -2.24. The van der Waals surface area contributed by atoms with E-state index < -0.39 is 11.9 Å². The maximum absolute atomic E-state index is 11.0. The highest BCUT2D eigenvalue weighted by atomic mass is 16.4. The van der Waals surface area contributed by atoms with Crippen molar-refractivity contribution in [3.8, 4) is 0 Å². The number of carboxylic acid groups (broad SMARTS) is 2. The molecule has 0 rings (SSSR count). The van der Waals surface area contributed by atoms with E-state index >= 15 is 0 Å². The van der Waals surface area contributed by atoms with Gasteiger partial charge in [-0.2, -0.15) is 0 Å². The van der Waals surface area contributed by atoms with E-state index in [-0.39, 0.29) is 50.8 Å². The van der Waals surface area contributed by atoms with Crippen molar-refractivity contribution in [2.24, 2.45) is 0 Å². The number of carbonyl (C=O) groups is 4. The van der Waals surface area contributed by atoms with Crippen molar-refractivity contribution in [2.45, 2.75) is 27.7 Å². The van der Waals surface area contributed by atoms with Crippen molar-refractivity contribution in [1.29, 1.82) is 0 Å². The van der Waals surface area contributed by atoms with Crippen LogP contribution in [0.1, 0.15) is 27.7 Å². The number of Topliss-reactive ketones (excluding diaryl/α,β-unsaturated/α-hetero) is 2. The number of hydrogen-bond donors (Lipinski definition) is 2. The van der Waals surface area contributed by atoms with Gasteiger partial charge >= 0.3 is 11.9 Å². The molecule has 0 atom stereocenters. The summed E-state index contributed by atoms with van der Waals surface area (Å²) < 4.78 is 0. The fraction of sp³-hybridized carbons (Fsp3) is 0.714. The van der Waals surface area contributed by atoms with Gasteiger partial charge in [-0.15, -0.1) is 0 Å². The molecule has 8 nitrogen and oxygen atoms in total. The topological polar surface area (TPSA) is 115 Å². The molecule has 0 saturated carbocycles. The Bertz CT molecular complexity index is 316. The lowest BCUT2D eigenvalue weighted by Crippen LogP contribution is -2.42. The minimum Gasteiger partial charge on any atom is -0.480 e. The molecule has 0 amide bonds. The Morgan fingerprint density at radius 3 is 1.14 bits per heavy atom. The third-order valence-corrected chi connectivity index (χ3v) is 2.34. The van der Waals surface area contributed by atoms with Crippen LogP contribution in [0.15, 0.2) is 0 Å². The summed E-state index contributed by atoms with van der Waals surface area (Å²) in [7, 11) is 0. The maximum Gasteiger partial charge on any atom is 0.317 e. The first kappa shape index (κ1) is 22.5. The van der Waals surface area contributed by atoms with Crippen LogP contribution >= 0.6 is 0 Å². The van der Waals surface area contributed by atoms with Crippen LogP contribution in [-0.4, -0.2) is 82.8 Å². The summed E-state index contributed by atoms with van der Waals surface area (Å²) in [6.07, 6.45) is 0. The summed E-state index contributed by atoms with van der Waals surface area (Å²) in [5, 5.41) is 17.5. The van der Waals surface area contributed by atoms with Gasteiger partial charge < -0.3 is 10.2 Å². The van der Waals surface area contributed by atoms with Crippen LogP contribution in [0.4, 0.5) is 0 Å². The van der Waals surface area contributed by atoms with Gasteiger partial charge in [-0.1, -0.05) is 13.8 Å². The number of aliphatic carboxylic acids is 2. The quantitative estimate of drug-likeness (QED) is 0.545. The van der Waals surface area contributed by atoms with Crippen LogP contribution in [0.3, 0.4) is 0 Å². The smallest absolute Gasteiger partial charge is 0.317 e. The first-order valence-corrected chi connectivity index (χ1v) is 7.08. The number of carbonyl (C=O) groups excluding carboxylic acids is 2. The van der Waals surface area contributed by atoms with Gasteiger partial charge in [-0.05, 0) is 13.8 Å². The highest BCUT2D eigenvalue weighted by Gasteiger charge is 2.16. The third kappa shape index (κ3) is 14.6. The van der Waals surface area contributed by atoms with Crippen LogP contribution in [0.5, 0.6) is 0 Å². The summed E-state index contributed by atoms with van der Waals surface area (Å²) in [5.41, 5.74) is 0. The largest absolute Gasteiger partial charge is 0.480 e. The minimum atomic E-state index is -1.07. The van der Waals surface area contributed by atoms with Crippen LogP contribution in [0, 0.1) is 0 Å². The Balaban J connectivity index is 0. The zero-order chi connectivity index (χ0) is 17.7. The molecule has 0 radical (unpaired) electrons. The van der Waals surface area contributed by atoms with Gasteiger partial charge in [0.05, 0.1) is 26.2 Å². The lowest BCUT2D eigenvalue weighted by molar-refractivity contribution is -0.141. The van der Waals surface area contributed by atoms with E-state index in [1.807, 2.05) is 13.8 Å². The van der Waals surface area contributed by atoms with E-state index in [2.05, 4.69) is 0 Å². The number of ketones is 2. The predicted molar refractivity (Wildman–Crippen MR) is 80.9 cm³/mol. The molecule has 0 saturated heterocycles. The average Bonchev–Trinajstić information content (AvgIpc) is 2.35. The Morgan fingerprint density at radius 2 is 0.955 bits per heavy atom. The number of rotatable bonds is 11. The van der Waals surface area contributed by atoms with Crippen LogP contribution in [0.2, 0.25) is 0 Å². The van der Waals surface area contributed by atoms with Crippen molar-refractivity contribution in [2.75, 3.05) is 39.3 Å². The van der Waals surface area contributed by atoms with Gasteiger partial charge in [-0.25, -0.2) is 0 Å². The summed E-state index contributed by atoms with van der Waals surface area (Å²) >= 11 is 0. The molecule has 0 aromatic rings. The summed E-state index contributed by atoms with van der Waals surface area (Å²) in [6.45, 7) is 6.44. The molecule has 22 heavy (non-hydrogen) atoms. The van der Waals surface area contributed by atoms with Gasteiger partial charge in [0, 0.05) is 13.1 Å². The van der Waals surface area contributed by atoms with E-state index in [0.717, 1.165) is 0 Å². The second-order valence-corrected chi connectivity index (χ2v) is 4.61. The van der Waals surface area contributed by atoms with Gasteiger partial charge in [0.25, 0.3) is 0 Å². The lowest BCUT2D eigenvalue weighted by atomic mass is 10.3. The number of nitrogens with zero attached hydrogens (tertiary/aromatic N) is 2. The van der Waals surface area contributed by atoms with Crippen LogP contribution in [0.25, 0.3) is 0 Å². The maximum atomic E-state index is 11.0. The highest BCUT2D eigenvalue weighted by Crippen LogP contribution is 1.95. The third-order valence-electron chi connectivity index (χ3n) is 2.34. The molecule has 0 unspecified atom stereocenters. The van der Waals surface area contributed by atoms with E-state index in [0.29, 0.717) is 0 Å². The molecule has 128 valence electrons. The van der Waals surface area contributed by atoms with Gasteiger partial charge in [0.1, 0.15) is 11.6 Å². The molecular weight excluding hydrogens is 292 g/mol. The van der Waals surface area contributed by atoms with Gasteiger partial charge in [-0.3, -0.25) is 29.0 Å². The van der Waals surface area contributed by atoms with E-state index in [4.69, 9.17) is 10.2 Å². The minimum absolute atomic E-state index is 0.0206. The van der Waals surface area contributed by atoms with Crippen molar-refractivity contribution >= 4 is 23.5 Å². The second-order valence-electron chi connectivity index (χ2n) is 4.61. The molecule has 0 bridgehead atoms. The van der Waals surface area contributed by atoms with E-state index in [1.165, 1.54) is 23.6 Å². The van der Waals surface area contributed by atoms with Gasteiger partial charge in [0.2, 0.25) is 0 Å². The second kappa shape index (κ2) is 12.9. The molecular formula is C14H26N2O6.